The average molecular weight is 484 g/mol. The van der Waals surface area contributed by atoms with Crippen molar-refractivity contribution in [2.24, 2.45) is 11.7 Å². The van der Waals surface area contributed by atoms with E-state index in [1.54, 1.807) is 24.3 Å². The molecule has 1 heterocycles. The molecule has 4 rings (SSSR count). The highest BCUT2D eigenvalue weighted by atomic mass is 79.9. The largest absolute Gasteiger partial charge is 0.481 e. The molecule has 1 aromatic heterocycles. The molecule has 1 aliphatic rings. The molecular weight excluding hydrogens is 462 g/mol. The standard InChI is InChI=1S/C23H22BrN3O4/c24-16-6-8-19-18(10-16)17-7-5-15(23(30)31)9-20(17)27(19)12-21(28)26-11-13-1-3-14(4-2-13)22(25)29/h1-4,6,8,10,15H,5,7,9,11-12H2,(H2,25,29)(H,26,28)(H,30,31)/t15-/m1/s1. The van der Waals surface area contributed by atoms with E-state index in [9.17, 15) is 19.5 Å². The van der Waals surface area contributed by atoms with Crippen molar-refractivity contribution in [2.75, 3.05) is 0 Å². The van der Waals surface area contributed by atoms with E-state index in [4.69, 9.17) is 5.73 Å². The molecule has 7 nitrogen and oxygen atoms in total. The van der Waals surface area contributed by atoms with E-state index in [-0.39, 0.29) is 12.5 Å². The molecule has 31 heavy (non-hydrogen) atoms. The number of carbonyl (C=O) groups excluding carboxylic acids is 2. The Hall–Kier alpha value is -3.13. The number of carbonyl (C=O) groups is 3. The fourth-order valence-corrected chi connectivity index (χ4v) is 4.55. The van der Waals surface area contributed by atoms with Gasteiger partial charge in [0.05, 0.1) is 5.92 Å². The molecule has 4 N–H and O–H groups in total. The van der Waals surface area contributed by atoms with Crippen molar-refractivity contribution in [3.8, 4) is 0 Å². The maximum Gasteiger partial charge on any atom is 0.306 e. The van der Waals surface area contributed by atoms with Crippen LogP contribution in [0.2, 0.25) is 0 Å². The predicted octanol–water partition coefficient (Wildman–Crippen LogP) is 3.01. The van der Waals surface area contributed by atoms with Gasteiger partial charge in [-0.15, -0.1) is 0 Å². The van der Waals surface area contributed by atoms with E-state index < -0.39 is 17.8 Å². The monoisotopic (exact) mass is 483 g/mol. The number of carboxylic acid groups (broad SMARTS) is 1. The fourth-order valence-electron chi connectivity index (χ4n) is 4.19. The van der Waals surface area contributed by atoms with E-state index in [2.05, 4.69) is 21.2 Å². The first-order valence-corrected chi connectivity index (χ1v) is 10.8. The number of fused-ring (bicyclic) bond motifs is 3. The number of aliphatic carboxylic acids is 1. The van der Waals surface area contributed by atoms with Crippen LogP contribution < -0.4 is 11.1 Å². The molecule has 2 amide bonds. The van der Waals surface area contributed by atoms with E-state index in [0.29, 0.717) is 31.4 Å². The van der Waals surface area contributed by atoms with Crippen LogP contribution in [-0.2, 0) is 35.5 Å². The minimum absolute atomic E-state index is 0.110. The second-order valence-electron chi connectivity index (χ2n) is 7.79. The van der Waals surface area contributed by atoms with Crippen molar-refractivity contribution < 1.29 is 19.5 Å². The van der Waals surface area contributed by atoms with Gasteiger partial charge >= 0.3 is 5.97 Å². The Morgan fingerprint density at radius 3 is 2.58 bits per heavy atom. The summed E-state index contributed by atoms with van der Waals surface area (Å²) in [5.41, 5.74) is 9.50. The Morgan fingerprint density at radius 2 is 1.90 bits per heavy atom. The van der Waals surface area contributed by atoms with Gasteiger partial charge in [-0.25, -0.2) is 0 Å². The van der Waals surface area contributed by atoms with Gasteiger partial charge in [0.15, 0.2) is 0 Å². The molecule has 0 radical (unpaired) electrons. The molecule has 160 valence electrons. The van der Waals surface area contributed by atoms with Crippen LogP contribution in [0.15, 0.2) is 46.9 Å². The summed E-state index contributed by atoms with van der Waals surface area (Å²) in [5.74, 6) is -1.90. The molecular formula is C23H22BrN3O4. The van der Waals surface area contributed by atoms with E-state index in [1.807, 2.05) is 22.8 Å². The highest BCUT2D eigenvalue weighted by Crippen LogP contribution is 2.35. The number of hydrogen-bond donors (Lipinski definition) is 3. The van der Waals surface area contributed by atoms with Crippen LogP contribution in [0.5, 0.6) is 0 Å². The lowest BCUT2D eigenvalue weighted by Gasteiger charge is -2.21. The summed E-state index contributed by atoms with van der Waals surface area (Å²) in [6.45, 7) is 0.432. The maximum absolute atomic E-state index is 12.7. The summed E-state index contributed by atoms with van der Waals surface area (Å²) in [7, 11) is 0. The summed E-state index contributed by atoms with van der Waals surface area (Å²) >= 11 is 3.51. The third-order valence-electron chi connectivity index (χ3n) is 5.81. The summed E-state index contributed by atoms with van der Waals surface area (Å²) in [6.07, 6.45) is 1.69. The van der Waals surface area contributed by atoms with Crippen molar-refractivity contribution >= 4 is 44.6 Å². The van der Waals surface area contributed by atoms with Gasteiger partial charge < -0.3 is 20.7 Å². The lowest BCUT2D eigenvalue weighted by molar-refractivity contribution is -0.142. The topological polar surface area (TPSA) is 114 Å². The van der Waals surface area contributed by atoms with Gasteiger partial charge in [-0.3, -0.25) is 14.4 Å². The fraction of sp³-hybridized carbons (Fsp3) is 0.261. The Morgan fingerprint density at radius 1 is 1.16 bits per heavy atom. The summed E-state index contributed by atoms with van der Waals surface area (Å²) in [5, 5.41) is 13.5. The number of nitrogens with zero attached hydrogens (tertiary/aromatic N) is 1. The quantitative estimate of drug-likeness (QED) is 0.499. The van der Waals surface area contributed by atoms with Gasteiger partial charge in [-0.1, -0.05) is 28.1 Å². The summed E-state index contributed by atoms with van der Waals surface area (Å²) in [6, 6.07) is 12.7. The second-order valence-corrected chi connectivity index (χ2v) is 8.70. The van der Waals surface area contributed by atoms with Gasteiger partial charge in [0.25, 0.3) is 0 Å². The SMILES string of the molecule is NC(=O)c1ccc(CNC(=O)Cn2c3c(c4cc(Br)ccc42)CC[C@@H](C(=O)O)C3)cc1. The lowest BCUT2D eigenvalue weighted by atomic mass is 9.87. The van der Waals surface area contributed by atoms with Crippen LogP contribution in [0.25, 0.3) is 10.9 Å². The first kappa shape index (κ1) is 21.1. The van der Waals surface area contributed by atoms with Gasteiger partial charge in [0, 0.05) is 39.6 Å². The molecule has 8 heteroatoms. The lowest BCUT2D eigenvalue weighted by Crippen LogP contribution is -2.29. The molecule has 0 fully saturated rings. The number of benzene rings is 2. The van der Waals surface area contributed by atoms with E-state index >= 15 is 0 Å². The minimum Gasteiger partial charge on any atom is -0.481 e. The van der Waals surface area contributed by atoms with Crippen molar-refractivity contribution in [2.45, 2.75) is 32.4 Å². The first-order valence-electron chi connectivity index (χ1n) is 10.0. The van der Waals surface area contributed by atoms with E-state index in [1.165, 1.54) is 0 Å². The maximum atomic E-state index is 12.7. The Bertz CT molecular complexity index is 1180. The third-order valence-corrected chi connectivity index (χ3v) is 6.30. The van der Waals surface area contributed by atoms with Crippen molar-refractivity contribution in [3.05, 3.63) is 69.3 Å². The number of primary amides is 1. The number of carboxylic acids is 1. The number of nitrogens with one attached hydrogen (secondary N) is 1. The van der Waals surface area contributed by atoms with Crippen LogP contribution in [0.4, 0.5) is 0 Å². The highest BCUT2D eigenvalue weighted by molar-refractivity contribution is 9.10. The molecule has 3 aromatic rings. The zero-order chi connectivity index (χ0) is 22.1. The number of hydrogen-bond acceptors (Lipinski definition) is 3. The zero-order valence-electron chi connectivity index (χ0n) is 16.7. The molecule has 0 unspecified atom stereocenters. The summed E-state index contributed by atoms with van der Waals surface area (Å²) in [4.78, 5) is 35.5. The van der Waals surface area contributed by atoms with Gasteiger partial charge in [0.1, 0.15) is 6.54 Å². The first-order chi connectivity index (χ1) is 14.8. The van der Waals surface area contributed by atoms with Crippen molar-refractivity contribution in [1.82, 2.24) is 9.88 Å². The van der Waals surface area contributed by atoms with Gasteiger partial charge in [0.2, 0.25) is 11.8 Å². The molecule has 1 atom stereocenters. The molecule has 0 aliphatic heterocycles. The van der Waals surface area contributed by atoms with Crippen LogP contribution in [0.1, 0.15) is 33.6 Å². The molecule has 0 saturated carbocycles. The predicted molar refractivity (Wildman–Crippen MR) is 120 cm³/mol. The number of nitrogens with two attached hydrogens (primary N) is 1. The third kappa shape index (κ3) is 4.34. The number of aromatic nitrogens is 1. The molecule has 0 spiro atoms. The Balaban J connectivity index is 1.56. The van der Waals surface area contributed by atoms with Crippen LogP contribution in [-0.4, -0.2) is 27.5 Å². The normalized spacial score (nSPS) is 15.5. The number of aryl methyl sites for hydroxylation is 1. The average Bonchev–Trinajstić information content (AvgIpc) is 3.04. The summed E-state index contributed by atoms with van der Waals surface area (Å²) < 4.78 is 2.89. The highest BCUT2D eigenvalue weighted by Gasteiger charge is 2.29. The van der Waals surface area contributed by atoms with E-state index in [0.717, 1.165) is 32.2 Å². The van der Waals surface area contributed by atoms with Crippen molar-refractivity contribution in [3.63, 3.8) is 0 Å². The Kier molecular flexibility index (Phi) is 5.82. The van der Waals surface area contributed by atoms with Crippen LogP contribution in [0.3, 0.4) is 0 Å². The number of rotatable bonds is 6. The molecule has 2 aromatic carbocycles. The van der Waals surface area contributed by atoms with Crippen LogP contribution >= 0.6 is 15.9 Å². The minimum atomic E-state index is -0.799. The second kappa shape index (κ2) is 8.55. The van der Waals surface area contributed by atoms with Gasteiger partial charge in [-0.2, -0.15) is 0 Å². The molecule has 0 saturated heterocycles. The Labute approximate surface area is 187 Å². The zero-order valence-corrected chi connectivity index (χ0v) is 18.3. The van der Waals surface area contributed by atoms with Gasteiger partial charge in [-0.05, 0) is 54.3 Å². The van der Waals surface area contributed by atoms with Crippen LogP contribution in [0, 0.1) is 5.92 Å². The number of halogens is 1. The molecule has 0 bridgehead atoms. The van der Waals surface area contributed by atoms with Crippen molar-refractivity contribution in [1.29, 1.82) is 0 Å². The smallest absolute Gasteiger partial charge is 0.306 e. The molecule has 1 aliphatic carbocycles. The number of amides is 2.